The molecule has 0 bridgehead atoms. The van der Waals surface area contributed by atoms with Gasteiger partial charge in [-0.1, -0.05) is 30.3 Å². The SMILES string of the molecule is Cc1nc2sc(C(=O)c3ccccc3)c(N)c2c2c1CCC2. The number of carbonyl (C=O) groups is 1. The third kappa shape index (κ3) is 1.87. The van der Waals surface area contributed by atoms with Crippen molar-refractivity contribution in [3.05, 3.63) is 57.6 Å². The monoisotopic (exact) mass is 308 g/mol. The lowest BCUT2D eigenvalue weighted by Gasteiger charge is -2.05. The van der Waals surface area contributed by atoms with E-state index in [-0.39, 0.29) is 5.78 Å². The van der Waals surface area contributed by atoms with Crippen molar-refractivity contribution in [2.45, 2.75) is 26.2 Å². The highest BCUT2D eigenvalue weighted by atomic mass is 32.1. The van der Waals surface area contributed by atoms with Crippen molar-refractivity contribution in [3.63, 3.8) is 0 Å². The number of fused-ring (bicyclic) bond motifs is 3. The number of nitrogens with two attached hydrogens (primary N) is 1. The van der Waals surface area contributed by atoms with E-state index in [1.165, 1.54) is 22.5 Å². The molecule has 2 heterocycles. The van der Waals surface area contributed by atoms with Crippen molar-refractivity contribution in [3.8, 4) is 0 Å². The van der Waals surface area contributed by atoms with E-state index in [1.54, 1.807) is 0 Å². The van der Waals surface area contributed by atoms with Gasteiger partial charge in [0.1, 0.15) is 9.71 Å². The second kappa shape index (κ2) is 4.92. The van der Waals surface area contributed by atoms with E-state index >= 15 is 0 Å². The molecule has 1 aromatic carbocycles. The van der Waals surface area contributed by atoms with Crippen molar-refractivity contribution in [1.29, 1.82) is 0 Å². The van der Waals surface area contributed by atoms with Gasteiger partial charge in [-0.2, -0.15) is 0 Å². The van der Waals surface area contributed by atoms with Gasteiger partial charge in [-0.15, -0.1) is 11.3 Å². The molecule has 0 spiro atoms. The average molecular weight is 308 g/mol. The minimum atomic E-state index is -0.00880. The molecule has 22 heavy (non-hydrogen) atoms. The number of anilines is 1. The first kappa shape index (κ1) is 13.5. The Kier molecular flexibility index (Phi) is 3.01. The normalized spacial score (nSPS) is 13.5. The van der Waals surface area contributed by atoms with E-state index in [1.807, 2.05) is 30.3 Å². The summed E-state index contributed by atoms with van der Waals surface area (Å²) in [7, 11) is 0. The van der Waals surface area contributed by atoms with Gasteiger partial charge >= 0.3 is 0 Å². The molecule has 0 fully saturated rings. The number of ketones is 1. The quantitative estimate of drug-likeness (QED) is 0.730. The number of thiophene rings is 1. The molecular weight excluding hydrogens is 292 g/mol. The number of nitrogen functional groups attached to an aromatic ring is 1. The summed E-state index contributed by atoms with van der Waals surface area (Å²) in [6.07, 6.45) is 3.25. The zero-order valence-corrected chi connectivity index (χ0v) is 13.2. The third-order valence-electron chi connectivity index (χ3n) is 4.39. The van der Waals surface area contributed by atoms with E-state index in [0.29, 0.717) is 16.1 Å². The highest BCUT2D eigenvalue weighted by molar-refractivity contribution is 7.21. The molecule has 0 atom stereocenters. The molecule has 2 aromatic heterocycles. The minimum Gasteiger partial charge on any atom is -0.397 e. The first-order valence-corrected chi connectivity index (χ1v) is 8.28. The second-order valence-electron chi connectivity index (χ2n) is 5.73. The number of carbonyl (C=O) groups excluding carboxylic acids is 1. The Bertz CT molecular complexity index is 897. The van der Waals surface area contributed by atoms with Gasteiger partial charge in [0, 0.05) is 16.6 Å². The zero-order valence-electron chi connectivity index (χ0n) is 12.3. The third-order valence-corrected chi connectivity index (χ3v) is 5.49. The molecule has 0 saturated carbocycles. The summed E-state index contributed by atoms with van der Waals surface area (Å²) in [5.74, 6) is -0.00880. The highest BCUT2D eigenvalue weighted by Crippen LogP contribution is 2.40. The van der Waals surface area contributed by atoms with Crippen LogP contribution in [-0.4, -0.2) is 10.8 Å². The maximum atomic E-state index is 12.7. The molecule has 0 saturated heterocycles. The Labute approximate surface area is 132 Å². The van der Waals surface area contributed by atoms with Gasteiger partial charge in [-0.25, -0.2) is 4.98 Å². The lowest BCUT2D eigenvalue weighted by molar-refractivity contribution is 0.104. The summed E-state index contributed by atoms with van der Waals surface area (Å²) in [5, 5.41) is 1.02. The number of hydrogen-bond donors (Lipinski definition) is 1. The topological polar surface area (TPSA) is 56.0 Å². The van der Waals surface area contributed by atoms with Crippen LogP contribution in [0.3, 0.4) is 0 Å². The lowest BCUT2D eigenvalue weighted by Crippen LogP contribution is -2.02. The molecule has 2 N–H and O–H groups in total. The van der Waals surface area contributed by atoms with Crippen molar-refractivity contribution in [1.82, 2.24) is 4.98 Å². The predicted molar refractivity (Wildman–Crippen MR) is 90.7 cm³/mol. The van der Waals surface area contributed by atoms with Crippen LogP contribution in [0.1, 0.15) is 38.5 Å². The average Bonchev–Trinajstić information content (AvgIpc) is 3.13. The van der Waals surface area contributed by atoms with E-state index in [4.69, 9.17) is 10.7 Å². The Morgan fingerprint density at radius 1 is 1.18 bits per heavy atom. The summed E-state index contributed by atoms with van der Waals surface area (Å²) in [6.45, 7) is 2.05. The van der Waals surface area contributed by atoms with E-state index in [9.17, 15) is 4.79 Å². The van der Waals surface area contributed by atoms with Crippen LogP contribution in [0.4, 0.5) is 5.69 Å². The smallest absolute Gasteiger partial charge is 0.205 e. The molecule has 110 valence electrons. The van der Waals surface area contributed by atoms with E-state index in [2.05, 4.69) is 6.92 Å². The Balaban J connectivity index is 1.94. The van der Waals surface area contributed by atoms with Gasteiger partial charge < -0.3 is 5.73 Å². The summed E-state index contributed by atoms with van der Waals surface area (Å²) in [6, 6.07) is 9.31. The van der Waals surface area contributed by atoms with Crippen LogP contribution in [-0.2, 0) is 12.8 Å². The molecule has 1 aliphatic carbocycles. The molecule has 1 aliphatic rings. The molecule has 4 heteroatoms. The number of hydrogen-bond acceptors (Lipinski definition) is 4. The van der Waals surface area contributed by atoms with Gasteiger partial charge in [0.2, 0.25) is 5.78 Å². The van der Waals surface area contributed by atoms with Gasteiger partial charge in [0.25, 0.3) is 0 Å². The van der Waals surface area contributed by atoms with Crippen LogP contribution in [0, 0.1) is 6.92 Å². The molecule has 3 nitrogen and oxygen atoms in total. The number of pyridine rings is 1. The molecule has 3 aromatic rings. The number of aromatic nitrogens is 1. The molecule has 0 amide bonds. The second-order valence-corrected chi connectivity index (χ2v) is 6.73. The summed E-state index contributed by atoms with van der Waals surface area (Å²) >= 11 is 1.42. The van der Waals surface area contributed by atoms with Gasteiger partial charge in [0.15, 0.2) is 0 Å². The largest absolute Gasteiger partial charge is 0.397 e. The fourth-order valence-corrected chi connectivity index (χ4v) is 4.46. The number of benzene rings is 1. The molecule has 0 unspecified atom stereocenters. The van der Waals surface area contributed by atoms with Gasteiger partial charge in [-0.3, -0.25) is 4.79 Å². The van der Waals surface area contributed by atoms with Gasteiger partial charge in [0.05, 0.1) is 5.69 Å². The van der Waals surface area contributed by atoms with Crippen LogP contribution < -0.4 is 5.73 Å². The van der Waals surface area contributed by atoms with Crippen molar-refractivity contribution < 1.29 is 4.79 Å². The van der Waals surface area contributed by atoms with E-state index in [0.717, 1.165) is 35.2 Å². The Morgan fingerprint density at radius 2 is 1.91 bits per heavy atom. The van der Waals surface area contributed by atoms with Crippen LogP contribution in [0.25, 0.3) is 10.2 Å². The minimum absolute atomic E-state index is 0.00880. The van der Waals surface area contributed by atoms with Crippen molar-refractivity contribution in [2.75, 3.05) is 5.73 Å². The molecular formula is C18H16N2OS. The number of rotatable bonds is 2. The van der Waals surface area contributed by atoms with Crippen molar-refractivity contribution in [2.24, 2.45) is 0 Å². The molecule has 0 aliphatic heterocycles. The Hall–Kier alpha value is -2.20. The van der Waals surface area contributed by atoms with Crippen LogP contribution in [0.15, 0.2) is 30.3 Å². The van der Waals surface area contributed by atoms with Crippen LogP contribution >= 0.6 is 11.3 Å². The highest BCUT2D eigenvalue weighted by Gasteiger charge is 2.25. The van der Waals surface area contributed by atoms with Crippen molar-refractivity contribution >= 4 is 33.0 Å². The number of nitrogens with zero attached hydrogens (tertiary/aromatic N) is 1. The first-order chi connectivity index (χ1) is 10.7. The maximum Gasteiger partial charge on any atom is 0.205 e. The standard InChI is InChI=1S/C18H16N2OS/c1-10-12-8-5-9-13(12)14-15(19)17(22-18(14)20-10)16(21)11-6-3-2-4-7-11/h2-4,6-7H,5,8-9,19H2,1H3. The maximum absolute atomic E-state index is 12.7. The fourth-order valence-electron chi connectivity index (χ4n) is 3.33. The molecule has 0 radical (unpaired) electrons. The summed E-state index contributed by atoms with van der Waals surface area (Å²) < 4.78 is 0. The fraction of sp³-hybridized carbons (Fsp3) is 0.222. The van der Waals surface area contributed by atoms with Gasteiger partial charge in [-0.05, 0) is 37.3 Å². The number of aryl methyl sites for hydroxylation is 2. The predicted octanol–water partition coefficient (Wildman–Crippen LogP) is 3.91. The summed E-state index contributed by atoms with van der Waals surface area (Å²) in [4.78, 5) is 18.9. The van der Waals surface area contributed by atoms with Crippen LogP contribution in [0.2, 0.25) is 0 Å². The Morgan fingerprint density at radius 3 is 2.68 bits per heavy atom. The summed E-state index contributed by atoms with van der Waals surface area (Å²) in [5.41, 5.74) is 11.4. The molecule has 4 rings (SSSR count). The first-order valence-electron chi connectivity index (χ1n) is 7.47. The van der Waals surface area contributed by atoms with Crippen LogP contribution in [0.5, 0.6) is 0 Å². The lowest BCUT2D eigenvalue weighted by atomic mass is 10.0. The van der Waals surface area contributed by atoms with E-state index < -0.39 is 0 Å². The zero-order chi connectivity index (χ0) is 15.3.